The van der Waals surface area contributed by atoms with E-state index in [9.17, 15) is 5.11 Å². The molecular formula is C9H7Cl2NO. The molecule has 0 radical (unpaired) electrons. The Morgan fingerprint density at radius 3 is 3.00 bits per heavy atom. The molecular weight excluding hydrogens is 209 g/mol. The largest absolute Gasteiger partial charge is 0.381 e. The van der Waals surface area contributed by atoms with Gasteiger partial charge in [0.1, 0.15) is 6.10 Å². The molecule has 2 rings (SSSR count). The van der Waals surface area contributed by atoms with Gasteiger partial charge in [-0.2, -0.15) is 0 Å². The van der Waals surface area contributed by atoms with Crippen LogP contribution in [0, 0.1) is 0 Å². The summed E-state index contributed by atoms with van der Waals surface area (Å²) in [4.78, 5) is 4.04. The highest BCUT2D eigenvalue weighted by molar-refractivity contribution is 6.31. The Hall–Kier alpha value is -0.570. The van der Waals surface area contributed by atoms with Gasteiger partial charge in [-0.3, -0.25) is 4.98 Å². The van der Waals surface area contributed by atoms with Crippen LogP contribution in [0.3, 0.4) is 0 Å². The molecule has 0 saturated heterocycles. The molecule has 13 heavy (non-hydrogen) atoms. The summed E-state index contributed by atoms with van der Waals surface area (Å²) in [6.07, 6.45) is 2.41. The lowest BCUT2D eigenvalue weighted by atomic mass is 10.00. The number of aliphatic hydroxyl groups excluding tert-OH is 1. The van der Waals surface area contributed by atoms with E-state index in [-0.39, 0.29) is 5.38 Å². The summed E-state index contributed by atoms with van der Waals surface area (Å²) in [6.45, 7) is 0. The summed E-state index contributed by atoms with van der Waals surface area (Å²) in [7, 11) is 0. The average molecular weight is 216 g/mol. The van der Waals surface area contributed by atoms with Gasteiger partial charge in [0, 0.05) is 6.20 Å². The maximum Gasteiger partial charge on any atom is 0.131 e. The number of nitrogens with zero attached hydrogens (tertiary/aromatic N) is 1. The minimum atomic E-state index is -0.826. The molecule has 68 valence electrons. The molecule has 1 aliphatic carbocycles. The molecule has 0 bridgehead atoms. The Kier molecular flexibility index (Phi) is 2.28. The first-order valence-corrected chi connectivity index (χ1v) is 4.65. The summed E-state index contributed by atoms with van der Waals surface area (Å²) in [5.41, 5.74) is 1.37. The van der Waals surface area contributed by atoms with Crippen LogP contribution in [0.15, 0.2) is 29.4 Å². The lowest BCUT2D eigenvalue weighted by Gasteiger charge is -2.20. The van der Waals surface area contributed by atoms with Crippen LogP contribution in [0.25, 0.3) is 0 Å². The fourth-order valence-electron chi connectivity index (χ4n) is 1.34. The lowest BCUT2D eigenvalue weighted by molar-refractivity contribution is 0.215. The summed E-state index contributed by atoms with van der Waals surface area (Å²) < 4.78 is 0. The molecule has 4 heteroatoms. The van der Waals surface area contributed by atoms with Gasteiger partial charge in [0.05, 0.1) is 16.1 Å². The van der Waals surface area contributed by atoms with Crippen LogP contribution in [0.1, 0.15) is 22.7 Å². The zero-order valence-corrected chi connectivity index (χ0v) is 8.13. The molecule has 2 unspecified atom stereocenters. The molecule has 0 fully saturated rings. The Bertz CT molecular complexity index is 364. The van der Waals surface area contributed by atoms with Crippen molar-refractivity contribution in [3.05, 3.63) is 40.7 Å². The van der Waals surface area contributed by atoms with E-state index >= 15 is 0 Å². The van der Waals surface area contributed by atoms with Crippen LogP contribution in [0.5, 0.6) is 0 Å². The Labute approximate surface area is 85.8 Å². The highest BCUT2D eigenvalue weighted by Crippen LogP contribution is 2.38. The second kappa shape index (κ2) is 3.29. The Morgan fingerprint density at radius 2 is 2.23 bits per heavy atom. The van der Waals surface area contributed by atoms with Gasteiger partial charge in [0.25, 0.3) is 0 Å². The first kappa shape index (κ1) is 9.00. The lowest BCUT2D eigenvalue weighted by Crippen LogP contribution is -2.10. The second-order valence-electron chi connectivity index (χ2n) is 2.83. The van der Waals surface area contributed by atoms with Crippen molar-refractivity contribution in [3.63, 3.8) is 0 Å². The topological polar surface area (TPSA) is 33.1 Å². The SMILES string of the molecule is OC1C(Cl)=CC(Cl)c2cccnc21. The number of allylic oxidation sites excluding steroid dienone is 1. The number of halogens is 2. The third-order valence-corrected chi connectivity index (χ3v) is 2.69. The molecule has 0 aromatic carbocycles. The number of hydrogen-bond acceptors (Lipinski definition) is 2. The number of hydrogen-bond donors (Lipinski definition) is 1. The number of aliphatic hydroxyl groups is 1. The van der Waals surface area contributed by atoms with Crippen molar-refractivity contribution in [2.45, 2.75) is 11.5 Å². The minimum absolute atomic E-state index is 0.292. The predicted molar refractivity (Wildman–Crippen MR) is 51.7 cm³/mol. The molecule has 0 aliphatic heterocycles. The number of rotatable bonds is 0. The number of fused-ring (bicyclic) bond motifs is 1. The van der Waals surface area contributed by atoms with Gasteiger partial charge in [0.2, 0.25) is 0 Å². The molecule has 0 spiro atoms. The highest BCUT2D eigenvalue weighted by atomic mass is 35.5. The van der Waals surface area contributed by atoms with Gasteiger partial charge in [-0.1, -0.05) is 17.7 Å². The van der Waals surface area contributed by atoms with Crippen molar-refractivity contribution in [2.75, 3.05) is 0 Å². The first-order valence-electron chi connectivity index (χ1n) is 3.84. The maximum absolute atomic E-state index is 9.63. The standard InChI is InChI=1S/C9H7Cl2NO/c10-6-4-7(11)9(13)8-5(6)2-1-3-12-8/h1-4,6,9,13H. The van der Waals surface area contributed by atoms with Crippen LogP contribution in [-0.4, -0.2) is 10.1 Å². The van der Waals surface area contributed by atoms with E-state index in [1.807, 2.05) is 6.07 Å². The van der Waals surface area contributed by atoms with Crippen LogP contribution >= 0.6 is 23.2 Å². The van der Waals surface area contributed by atoms with Gasteiger partial charge in [-0.05, 0) is 17.7 Å². The quantitative estimate of drug-likeness (QED) is 0.676. The van der Waals surface area contributed by atoms with E-state index in [0.29, 0.717) is 10.7 Å². The van der Waals surface area contributed by atoms with Crippen LogP contribution < -0.4 is 0 Å². The summed E-state index contributed by atoms with van der Waals surface area (Å²) in [5.74, 6) is 0. The number of pyridine rings is 1. The molecule has 1 aromatic heterocycles. The van der Waals surface area contributed by atoms with Gasteiger partial charge in [-0.15, -0.1) is 11.6 Å². The number of alkyl halides is 1. The first-order chi connectivity index (χ1) is 6.20. The van der Waals surface area contributed by atoms with Crippen molar-refractivity contribution in [2.24, 2.45) is 0 Å². The third-order valence-electron chi connectivity index (χ3n) is 1.99. The van der Waals surface area contributed by atoms with E-state index in [0.717, 1.165) is 5.56 Å². The van der Waals surface area contributed by atoms with Gasteiger partial charge in [-0.25, -0.2) is 0 Å². The fourth-order valence-corrected chi connectivity index (χ4v) is 1.96. The van der Waals surface area contributed by atoms with E-state index in [2.05, 4.69) is 4.98 Å². The Balaban J connectivity index is 2.55. The predicted octanol–water partition coefficient (Wildman–Crippen LogP) is 2.53. The van der Waals surface area contributed by atoms with Crippen molar-refractivity contribution < 1.29 is 5.11 Å². The summed E-state index contributed by atoms with van der Waals surface area (Å²) in [6, 6.07) is 3.62. The molecule has 2 nitrogen and oxygen atoms in total. The average Bonchev–Trinajstić information content (AvgIpc) is 2.15. The van der Waals surface area contributed by atoms with Crippen molar-refractivity contribution in [1.82, 2.24) is 4.98 Å². The highest BCUT2D eigenvalue weighted by Gasteiger charge is 2.25. The van der Waals surface area contributed by atoms with E-state index in [4.69, 9.17) is 23.2 Å². The number of aromatic nitrogens is 1. The van der Waals surface area contributed by atoms with Crippen LogP contribution in [-0.2, 0) is 0 Å². The monoisotopic (exact) mass is 215 g/mol. The van der Waals surface area contributed by atoms with Gasteiger partial charge < -0.3 is 5.11 Å². The van der Waals surface area contributed by atoms with Crippen LogP contribution in [0.4, 0.5) is 0 Å². The molecule has 1 heterocycles. The van der Waals surface area contributed by atoms with E-state index in [1.54, 1.807) is 18.3 Å². The van der Waals surface area contributed by atoms with E-state index in [1.165, 1.54) is 0 Å². The van der Waals surface area contributed by atoms with Gasteiger partial charge in [0.15, 0.2) is 0 Å². The fraction of sp³-hybridized carbons (Fsp3) is 0.222. The summed E-state index contributed by atoms with van der Waals surface area (Å²) >= 11 is 11.8. The molecule has 0 amide bonds. The van der Waals surface area contributed by atoms with Crippen LogP contribution in [0.2, 0.25) is 0 Å². The molecule has 0 saturated carbocycles. The minimum Gasteiger partial charge on any atom is -0.381 e. The summed E-state index contributed by atoms with van der Waals surface area (Å²) in [5, 5.41) is 9.67. The third kappa shape index (κ3) is 1.46. The zero-order chi connectivity index (χ0) is 9.42. The van der Waals surface area contributed by atoms with Gasteiger partial charge >= 0.3 is 0 Å². The Morgan fingerprint density at radius 1 is 1.46 bits per heavy atom. The van der Waals surface area contributed by atoms with Crippen molar-refractivity contribution >= 4 is 23.2 Å². The normalized spacial score (nSPS) is 26.5. The van der Waals surface area contributed by atoms with Crippen molar-refractivity contribution in [1.29, 1.82) is 0 Å². The van der Waals surface area contributed by atoms with E-state index < -0.39 is 6.10 Å². The second-order valence-corrected chi connectivity index (χ2v) is 3.74. The smallest absolute Gasteiger partial charge is 0.131 e. The molecule has 2 atom stereocenters. The maximum atomic E-state index is 9.63. The zero-order valence-electron chi connectivity index (χ0n) is 6.61. The molecule has 1 N–H and O–H groups in total. The van der Waals surface area contributed by atoms with Crippen molar-refractivity contribution in [3.8, 4) is 0 Å². The molecule has 1 aliphatic rings. The molecule has 1 aromatic rings.